The number of alkyl halides is 1. The Hall–Kier alpha value is -0.100. The molecule has 2 nitrogen and oxygen atoms in total. The van der Waals surface area contributed by atoms with Crippen LogP contribution in [0, 0.1) is 3.57 Å². The Bertz CT molecular complexity index is 353. The molecule has 0 radical (unpaired) electrons. The van der Waals surface area contributed by atoms with Gasteiger partial charge in [-0.1, -0.05) is 11.6 Å². The van der Waals surface area contributed by atoms with Crippen molar-refractivity contribution >= 4 is 39.9 Å². The minimum Gasteiger partial charge on any atom is -0.370 e. The fourth-order valence-corrected chi connectivity index (χ4v) is 2.52. The lowest BCUT2D eigenvalue weighted by Crippen LogP contribution is -2.34. The molecule has 1 fully saturated rings. The molecule has 0 amide bonds. The van der Waals surface area contributed by atoms with Gasteiger partial charge in [0.2, 0.25) is 0 Å². The van der Waals surface area contributed by atoms with Gasteiger partial charge in [-0.05, 0) is 41.5 Å². The Morgan fingerprint density at radius 3 is 2.80 bits per heavy atom. The second-order valence-corrected chi connectivity index (χ2v) is 5.17. The summed E-state index contributed by atoms with van der Waals surface area (Å²) in [5, 5.41) is 0.493. The summed E-state index contributed by atoms with van der Waals surface area (Å²) in [5.41, 5.74) is 1.07. The number of hydrogen-bond donors (Lipinski definition) is 0. The van der Waals surface area contributed by atoms with Crippen molar-refractivity contribution in [2.75, 3.05) is 18.0 Å². The van der Waals surface area contributed by atoms with Crippen LogP contribution < -0.4 is 4.90 Å². The number of anilines is 1. The number of aromatic nitrogens is 1. The molecule has 0 bridgehead atoms. The van der Waals surface area contributed by atoms with Gasteiger partial charge in [-0.25, -0.2) is 9.37 Å². The van der Waals surface area contributed by atoms with Crippen molar-refractivity contribution < 1.29 is 4.39 Å². The summed E-state index contributed by atoms with van der Waals surface area (Å²) in [6.45, 7) is 1.52. The van der Waals surface area contributed by atoms with E-state index in [9.17, 15) is 4.39 Å². The van der Waals surface area contributed by atoms with Crippen LogP contribution >= 0.6 is 34.2 Å². The van der Waals surface area contributed by atoms with Crippen molar-refractivity contribution in [1.82, 2.24) is 4.98 Å². The maximum absolute atomic E-state index is 13.0. The van der Waals surface area contributed by atoms with Gasteiger partial charge in [0.05, 0.1) is 9.26 Å². The number of pyridine rings is 1. The van der Waals surface area contributed by atoms with Gasteiger partial charge in [-0.3, -0.25) is 0 Å². The average Bonchev–Trinajstić information content (AvgIpc) is 2.23. The van der Waals surface area contributed by atoms with E-state index < -0.39 is 6.17 Å². The van der Waals surface area contributed by atoms with E-state index in [-0.39, 0.29) is 0 Å². The quantitative estimate of drug-likeness (QED) is 0.576. The van der Waals surface area contributed by atoms with Crippen molar-refractivity contribution in [2.24, 2.45) is 0 Å². The Balaban J connectivity index is 2.18. The van der Waals surface area contributed by atoms with Gasteiger partial charge in [-0.2, -0.15) is 0 Å². The number of halogens is 3. The highest BCUT2D eigenvalue weighted by Crippen LogP contribution is 2.27. The summed E-state index contributed by atoms with van der Waals surface area (Å²) in [7, 11) is 0. The van der Waals surface area contributed by atoms with Crippen LogP contribution in [0.1, 0.15) is 12.8 Å². The standard InChI is InChI=1S/C10H11ClFIN2/c11-10-5-9(8(13)6-14-10)15-3-1-7(12)2-4-15/h5-7H,1-4H2. The third kappa shape index (κ3) is 2.72. The van der Waals surface area contributed by atoms with Gasteiger partial charge < -0.3 is 4.90 Å². The SMILES string of the molecule is FC1CCN(c2cc(Cl)ncc2I)CC1. The number of hydrogen-bond acceptors (Lipinski definition) is 2. The van der Waals surface area contributed by atoms with Crippen molar-refractivity contribution in [3.63, 3.8) is 0 Å². The Morgan fingerprint density at radius 2 is 2.13 bits per heavy atom. The number of piperidine rings is 1. The fourth-order valence-electron chi connectivity index (χ4n) is 1.73. The minimum atomic E-state index is -0.642. The van der Waals surface area contributed by atoms with Crippen LogP contribution in [0.4, 0.5) is 10.1 Å². The summed E-state index contributed by atoms with van der Waals surface area (Å²) < 4.78 is 14.0. The molecule has 0 unspecified atom stereocenters. The summed E-state index contributed by atoms with van der Waals surface area (Å²) in [6.07, 6.45) is 2.32. The number of nitrogens with zero attached hydrogens (tertiary/aromatic N) is 2. The highest BCUT2D eigenvalue weighted by Gasteiger charge is 2.20. The highest BCUT2D eigenvalue weighted by atomic mass is 127. The lowest BCUT2D eigenvalue weighted by molar-refractivity contribution is 0.277. The largest absolute Gasteiger partial charge is 0.370 e. The first-order chi connectivity index (χ1) is 7.16. The van der Waals surface area contributed by atoms with Crippen LogP contribution in [0.2, 0.25) is 5.15 Å². The molecule has 1 saturated heterocycles. The molecular weight excluding hydrogens is 329 g/mol. The first-order valence-corrected chi connectivity index (χ1v) is 6.32. The summed E-state index contributed by atoms with van der Waals surface area (Å²) in [4.78, 5) is 6.18. The van der Waals surface area contributed by atoms with Crippen LogP contribution in [0.15, 0.2) is 12.3 Å². The van der Waals surface area contributed by atoms with Gasteiger partial charge >= 0.3 is 0 Å². The van der Waals surface area contributed by atoms with Crippen LogP contribution in [0.3, 0.4) is 0 Å². The molecule has 0 saturated carbocycles. The maximum Gasteiger partial charge on any atom is 0.131 e. The van der Waals surface area contributed by atoms with Crippen molar-refractivity contribution in [2.45, 2.75) is 19.0 Å². The van der Waals surface area contributed by atoms with Gasteiger partial charge in [0, 0.05) is 19.3 Å². The van der Waals surface area contributed by atoms with E-state index >= 15 is 0 Å². The van der Waals surface area contributed by atoms with E-state index in [1.807, 2.05) is 6.07 Å². The second-order valence-electron chi connectivity index (χ2n) is 3.62. The van der Waals surface area contributed by atoms with Crippen LogP contribution in [-0.4, -0.2) is 24.2 Å². The molecular formula is C10H11ClFIN2. The topological polar surface area (TPSA) is 16.1 Å². The van der Waals surface area contributed by atoms with E-state index in [2.05, 4.69) is 32.5 Å². The monoisotopic (exact) mass is 340 g/mol. The van der Waals surface area contributed by atoms with Crippen LogP contribution in [0.25, 0.3) is 0 Å². The molecule has 2 heterocycles. The third-order valence-corrected chi connectivity index (χ3v) is 3.60. The average molecular weight is 341 g/mol. The second kappa shape index (κ2) is 4.82. The van der Waals surface area contributed by atoms with E-state index in [1.165, 1.54) is 0 Å². The molecule has 0 atom stereocenters. The zero-order valence-corrected chi connectivity index (χ0v) is 11.0. The molecule has 1 aromatic heterocycles. The Kier molecular flexibility index (Phi) is 3.66. The number of rotatable bonds is 1. The van der Waals surface area contributed by atoms with Gasteiger partial charge in [0.25, 0.3) is 0 Å². The minimum absolute atomic E-state index is 0.493. The Labute approximate surface area is 107 Å². The predicted molar refractivity (Wildman–Crippen MR) is 68.3 cm³/mol. The molecule has 1 aromatic rings. The summed E-state index contributed by atoms with van der Waals surface area (Å²) >= 11 is 8.08. The molecule has 15 heavy (non-hydrogen) atoms. The van der Waals surface area contributed by atoms with Crippen molar-refractivity contribution in [3.8, 4) is 0 Å². The lowest BCUT2D eigenvalue weighted by Gasteiger charge is -2.31. The first kappa shape index (κ1) is 11.4. The Morgan fingerprint density at radius 1 is 1.47 bits per heavy atom. The molecule has 1 aliphatic rings. The molecule has 0 spiro atoms. The molecule has 1 aliphatic heterocycles. The zero-order valence-electron chi connectivity index (χ0n) is 8.09. The highest BCUT2D eigenvalue weighted by molar-refractivity contribution is 14.1. The van der Waals surface area contributed by atoms with Gasteiger partial charge in [-0.15, -0.1) is 0 Å². The maximum atomic E-state index is 13.0. The van der Waals surface area contributed by atoms with E-state index in [4.69, 9.17) is 11.6 Å². The summed E-state index contributed by atoms with van der Waals surface area (Å²) in [5.74, 6) is 0. The van der Waals surface area contributed by atoms with E-state index in [1.54, 1.807) is 6.20 Å². The molecule has 0 aromatic carbocycles. The van der Waals surface area contributed by atoms with Crippen LogP contribution in [-0.2, 0) is 0 Å². The fraction of sp³-hybridized carbons (Fsp3) is 0.500. The molecule has 0 aliphatic carbocycles. The zero-order chi connectivity index (χ0) is 10.8. The summed E-state index contributed by atoms with van der Waals surface area (Å²) in [6, 6.07) is 1.85. The van der Waals surface area contributed by atoms with E-state index in [0.29, 0.717) is 18.0 Å². The normalized spacial score (nSPS) is 18.2. The molecule has 5 heteroatoms. The predicted octanol–water partition coefficient (Wildman–Crippen LogP) is 3.28. The molecule has 2 rings (SSSR count). The van der Waals surface area contributed by atoms with E-state index in [0.717, 1.165) is 22.3 Å². The third-order valence-electron chi connectivity index (χ3n) is 2.57. The van der Waals surface area contributed by atoms with Crippen molar-refractivity contribution in [3.05, 3.63) is 21.0 Å². The van der Waals surface area contributed by atoms with Gasteiger partial charge in [0.1, 0.15) is 11.3 Å². The van der Waals surface area contributed by atoms with Gasteiger partial charge in [0.15, 0.2) is 0 Å². The lowest BCUT2D eigenvalue weighted by atomic mass is 10.1. The van der Waals surface area contributed by atoms with Crippen molar-refractivity contribution in [1.29, 1.82) is 0 Å². The smallest absolute Gasteiger partial charge is 0.131 e. The molecule has 0 N–H and O–H groups in total. The van der Waals surface area contributed by atoms with Crippen LogP contribution in [0.5, 0.6) is 0 Å². The first-order valence-electron chi connectivity index (χ1n) is 4.87. The molecule has 82 valence electrons.